The molecule has 0 bridgehead atoms. The number of carbonyl (C=O) groups is 1. The van der Waals surface area contributed by atoms with Crippen molar-refractivity contribution in [2.75, 3.05) is 0 Å². The van der Waals surface area contributed by atoms with Gasteiger partial charge in [-0.1, -0.05) is 18.2 Å². The Hall–Kier alpha value is -1.62. The van der Waals surface area contributed by atoms with Gasteiger partial charge < -0.3 is 5.73 Å². The van der Waals surface area contributed by atoms with E-state index in [1.54, 1.807) is 30.3 Å². The number of rotatable bonds is 1. The number of hydrogen-bond donors (Lipinski definition) is 1. The van der Waals surface area contributed by atoms with Crippen LogP contribution in [0.1, 0.15) is 10.4 Å². The van der Waals surface area contributed by atoms with Gasteiger partial charge in [0.25, 0.3) is 5.91 Å². The largest absolute Gasteiger partial charge is 0.367 e. The molecule has 0 aliphatic rings. The number of carbonyl (C=O) groups excluding carboxylic acids is 1. The van der Waals surface area contributed by atoms with Crippen LogP contribution in [0.3, 0.4) is 0 Å². The molecule has 0 aliphatic heterocycles. The molecule has 0 spiro atoms. The Balaban J connectivity index is 2.87. The van der Waals surface area contributed by atoms with E-state index in [1.807, 2.05) is 0 Å². The first kappa shape index (κ1) is 9.47. The Morgan fingerprint density at radius 1 is 1.31 bits per heavy atom. The highest BCUT2D eigenvalue weighted by Gasteiger charge is 2.02. The van der Waals surface area contributed by atoms with Crippen LogP contribution in [0.25, 0.3) is 0 Å². The van der Waals surface area contributed by atoms with Gasteiger partial charge >= 0.3 is 0 Å². The molecule has 0 heterocycles. The van der Waals surface area contributed by atoms with Crippen molar-refractivity contribution in [2.45, 2.75) is 0 Å². The van der Waals surface area contributed by atoms with Crippen molar-refractivity contribution in [3.05, 3.63) is 35.9 Å². The smallest absolute Gasteiger partial charge is 0.280 e. The Morgan fingerprint density at radius 2 is 1.92 bits per heavy atom. The number of hydrogen-bond acceptors (Lipinski definition) is 2. The van der Waals surface area contributed by atoms with Crippen LogP contribution in [0, 0.1) is 0 Å². The molecule has 1 rings (SSSR count). The standard InChI is InChI=1S/C8H7N3OS/c9-8(11-13)10-7(12)6-4-2-1-3-5-6/h1-5H,(H2,9,10,12). The predicted octanol–water partition coefficient (Wildman–Crippen LogP) is 0.872. The van der Waals surface area contributed by atoms with Crippen LogP contribution < -0.4 is 5.73 Å². The van der Waals surface area contributed by atoms with Crippen molar-refractivity contribution in [1.29, 1.82) is 0 Å². The lowest BCUT2D eigenvalue weighted by molar-refractivity contribution is 0.100. The van der Waals surface area contributed by atoms with Crippen molar-refractivity contribution >= 4 is 24.3 Å². The third-order valence-electron chi connectivity index (χ3n) is 1.33. The maximum Gasteiger partial charge on any atom is 0.280 e. The quantitative estimate of drug-likeness (QED) is 0.531. The lowest BCUT2D eigenvalue weighted by atomic mass is 10.2. The van der Waals surface area contributed by atoms with E-state index < -0.39 is 5.91 Å². The van der Waals surface area contributed by atoms with Crippen LogP contribution in [0.2, 0.25) is 0 Å². The molecule has 0 aromatic heterocycles. The first-order valence-electron chi connectivity index (χ1n) is 3.51. The average Bonchev–Trinajstić information content (AvgIpc) is 2.19. The molecule has 0 unspecified atom stereocenters. The van der Waals surface area contributed by atoms with Gasteiger partial charge in [0.15, 0.2) is 0 Å². The van der Waals surface area contributed by atoms with Crippen LogP contribution in [0.4, 0.5) is 0 Å². The fourth-order valence-electron chi connectivity index (χ4n) is 0.770. The lowest BCUT2D eigenvalue weighted by Crippen LogP contribution is -2.10. The van der Waals surface area contributed by atoms with Crippen LogP contribution in [-0.2, 0) is 12.4 Å². The Bertz CT molecular complexity index is 348. The van der Waals surface area contributed by atoms with Crippen LogP contribution in [0.5, 0.6) is 0 Å². The minimum Gasteiger partial charge on any atom is -0.367 e. The summed E-state index contributed by atoms with van der Waals surface area (Å²) in [4.78, 5) is 14.7. The van der Waals surface area contributed by atoms with Gasteiger partial charge in [0.2, 0.25) is 5.96 Å². The summed E-state index contributed by atoms with van der Waals surface area (Å²) in [6.07, 6.45) is 0. The number of nitrogens with two attached hydrogens (primary N) is 1. The highest BCUT2D eigenvalue weighted by molar-refractivity contribution is 7.47. The summed E-state index contributed by atoms with van der Waals surface area (Å²) in [5.41, 5.74) is 5.63. The molecule has 13 heavy (non-hydrogen) atoms. The maximum absolute atomic E-state index is 11.2. The Labute approximate surface area is 80.6 Å². The van der Waals surface area contributed by atoms with Crippen molar-refractivity contribution < 1.29 is 4.79 Å². The van der Waals surface area contributed by atoms with E-state index in [9.17, 15) is 4.79 Å². The third kappa shape index (κ3) is 2.72. The Morgan fingerprint density at radius 3 is 2.46 bits per heavy atom. The van der Waals surface area contributed by atoms with Gasteiger partial charge in [-0.05, 0) is 12.1 Å². The number of guanidine groups is 1. The lowest BCUT2D eigenvalue weighted by Gasteiger charge is -1.93. The SMILES string of the molecule is NC(N=S)=NC(=O)c1ccccc1. The highest BCUT2D eigenvalue weighted by Crippen LogP contribution is 2.00. The molecule has 0 radical (unpaired) electrons. The summed E-state index contributed by atoms with van der Waals surface area (Å²) in [7, 11) is 0. The van der Waals surface area contributed by atoms with Gasteiger partial charge in [0, 0.05) is 18.0 Å². The zero-order chi connectivity index (χ0) is 9.68. The molecular weight excluding hydrogens is 186 g/mol. The van der Waals surface area contributed by atoms with Gasteiger partial charge in [-0.25, -0.2) is 0 Å². The summed E-state index contributed by atoms with van der Waals surface area (Å²) < 4.78 is 3.14. The van der Waals surface area contributed by atoms with Crippen molar-refractivity contribution in [1.82, 2.24) is 0 Å². The van der Waals surface area contributed by atoms with Gasteiger partial charge in [0.05, 0.1) is 0 Å². The van der Waals surface area contributed by atoms with Crippen molar-refractivity contribution in [3.63, 3.8) is 0 Å². The zero-order valence-corrected chi connectivity index (χ0v) is 7.49. The van der Waals surface area contributed by atoms with Crippen molar-refractivity contribution in [3.8, 4) is 0 Å². The van der Waals surface area contributed by atoms with Crippen LogP contribution >= 0.6 is 0 Å². The molecule has 0 atom stereocenters. The Kier molecular flexibility index (Phi) is 3.22. The minimum atomic E-state index is -0.438. The third-order valence-corrected chi connectivity index (χ3v) is 1.52. The molecule has 1 amide bonds. The minimum absolute atomic E-state index is 0.191. The van der Waals surface area contributed by atoms with Crippen LogP contribution in [0.15, 0.2) is 39.7 Å². The molecule has 0 aliphatic carbocycles. The number of aliphatic imine (C=N–C) groups is 1. The number of amides is 1. The summed E-state index contributed by atoms with van der Waals surface area (Å²) in [5.74, 6) is -0.629. The molecule has 66 valence electrons. The first-order valence-corrected chi connectivity index (χ1v) is 3.87. The fraction of sp³-hybridized carbons (Fsp3) is 0. The normalized spacial score (nSPS) is 10.9. The van der Waals surface area contributed by atoms with E-state index in [0.29, 0.717) is 5.56 Å². The van der Waals surface area contributed by atoms with E-state index >= 15 is 0 Å². The fourth-order valence-corrected chi connectivity index (χ4v) is 0.811. The van der Waals surface area contributed by atoms with E-state index in [-0.39, 0.29) is 5.96 Å². The molecule has 0 saturated carbocycles. The molecular formula is C8H7N3OS. The van der Waals surface area contributed by atoms with Crippen molar-refractivity contribution in [2.24, 2.45) is 15.1 Å². The predicted molar refractivity (Wildman–Crippen MR) is 52.2 cm³/mol. The van der Waals surface area contributed by atoms with E-state index in [0.717, 1.165) is 0 Å². The van der Waals surface area contributed by atoms with Gasteiger partial charge in [-0.3, -0.25) is 4.79 Å². The summed E-state index contributed by atoms with van der Waals surface area (Å²) in [5, 5.41) is 0. The van der Waals surface area contributed by atoms with Crippen LogP contribution in [-0.4, -0.2) is 11.9 Å². The summed E-state index contributed by atoms with van der Waals surface area (Å²) in [6, 6.07) is 8.57. The van der Waals surface area contributed by atoms with E-state index in [1.165, 1.54) is 0 Å². The number of benzene rings is 1. The van der Waals surface area contributed by atoms with E-state index in [4.69, 9.17) is 5.73 Å². The molecule has 0 fully saturated rings. The van der Waals surface area contributed by atoms with Gasteiger partial charge in [-0.15, -0.1) is 4.36 Å². The second-order valence-electron chi connectivity index (χ2n) is 2.23. The second kappa shape index (κ2) is 4.42. The van der Waals surface area contributed by atoms with E-state index in [2.05, 4.69) is 21.8 Å². The summed E-state index contributed by atoms with van der Waals surface area (Å²) in [6.45, 7) is 0. The number of nitrogens with zero attached hydrogens (tertiary/aromatic N) is 2. The maximum atomic E-state index is 11.2. The topological polar surface area (TPSA) is 67.8 Å². The molecule has 0 saturated heterocycles. The molecule has 1 aromatic rings. The summed E-state index contributed by atoms with van der Waals surface area (Å²) >= 11 is 4.26. The average molecular weight is 193 g/mol. The molecule has 1 aromatic carbocycles. The van der Waals surface area contributed by atoms with Gasteiger partial charge in [-0.2, -0.15) is 4.99 Å². The first-order chi connectivity index (χ1) is 6.24. The second-order valence-corrected chi connectivity index (χ2v) is 2.42. The molecule has 5 heteroatoms. The highest BCUT2D eigenvalue weighted by atomic mass is 32.1. The zero-order valence-electron chi connectivity index (χ0n) is 6.68. The molecule has 4 nitrogen and oxygen atoms in total. The molecule has 2 N–H and O–H groups in total. The monoisotopic (exact) mass is 193 g/mol. The van der Waals surface area contributed by atoms with Gasteiger partial charge in [0.1, 0.15) is 0 Å².